The van der Waals surface area contributed by atoms with Gasteiger partial charge in [0.2, 0.25) is 0 Å². The second-order valence-electron chi connectivity index (χ2n) is 3.69. The number of hydrogen-bond acceptors (Lipinski definition) is 4. The summed E-state index contributed by atoms with van der Waals surface area (Å²) < 4.78 is 0. The largest absolute Gasteiger partial charge is 0.310 e. The van der Waals surface area contributed by atoms with Gasteiger partial charge < -0.3 is 10.2 Å². The van der Waals surface area contributed by atoms with E-state index in [1.54, 1.807) is 6.20 Å². The highest BCUT2D eigenvalue weighted by atomic mass is 15.3. The summed E-state index contributed by atoms with van der Waals surface area (Å²) in [6.45, 7) is 5.53. The second kappa shape index (κ2) is 5.07. The Morgan fingerprint density at radius 1 is 1.43 bits per heavy atom. The van der Waals surface area contributed by atoms with Crippen molar-refractivity contribution in [2.75, 3.05) is 26.2 Å². The highest BCUT2D eigenvalue weighted by Crippen LogP contribution is 2.05. The van der Waals surface area contributed by atoms with E-state index in [1.165, 1.54) is 25.9 Å². The molecule has 1 fully saturated rings. The number of rotatable bonds is 5. The van der Waals surface area contributed by atoms with Crippen molar-refractivity contribution >= 4 is 0 Å². The molecule has 0 radical (unpaired) electrons. The topological polar surface area (TPSA) is 56.8 Å². The van der Waals surface area contributed by atoms with Crippen molar-refractivity contribution < 1.29 is 0 Å². The molecule has 14 heavy (non-hydrogen) atoms. The van der Waals surface area contributed by atoms with Gasteiger partial charge in [-0.25, -0.2) is 0 Å². The molecule has 0 bridgehead atoms. The summed E-state index contributed by atoms with van der Waals surface area (Å²) in [7, 11) is 0. The van der Waals surface area contributed by atoms with Crippen molar-refractivity contribution in [2.24, 2.45) is 0 Å². The van der Waals surface area contributed by atoms with Crippen LogP contribution in [0.2, 0.25) is 0 Å². The van der Waals surface area contributed by atoms with E-state index in [0.717, 1.165) is 25.3 Å². The van der Waals surface area contributed by atoms with Crippen molar-refractivity contribution in [3.8, 4) is 0 Å². The Labute approximate surface area is 83.9 Å². The van der Waals surface area contributed by atoms with Crippen LogP contribution in [0.1, 0.15) is 18.5 Å². The smallest absolute Gasteiger partial charge is 0.0962 e. The highest BCUT2D eigenvalue weighted by Gasteiger charge is 2.09. The van der Waals surface area contributed by atoms with E-state index >= 15 is 0 Å². The number of likely N-dealkylation sites (tertiary alicyclic amines) is 1. The standard InChI is InChI=1S/C9H17N5/c1-2-5-14(4-1)6-3-10-7-9-8-11-13-12-9/h8,10H,1-7H2,(H,11,12,13). The lowest BCUT2D eigenvalue weighted by Gasteiger charge is -2.14. The van der Waals surface area contributed by atoms with E-state index in [0.29, 0.717) is 0 Å². The first kappa shape index (κ1) is 9.61. The average Bonchev–Trinajstić information content (AvgIpc) is 2.86. The lowest BCUT2D eigenvalue weighted by Crippen LogP contribution is -2.29. The van der Waals surface area contributed by atoms with Crippen LogP contribution in [0.25, 0.3) is 0 Å². The molecule has 1 saturated heterocycles. The fraction of sp³-hybridized carbons (Fsp3) is 0.778. The average molecular weight is 195 g/mol. The molecule has 0 spiro atoms. The molecule has 2 rings (SSSR count). The van der Waals surface area contributed by atoms with Gasteiger partial charge >= 0.3 is 0 Å². The molecule has 5 heteroatoms. The fourth-order valence-corrected chi connectivity index (χ4v) is 1.77. The van der Waals surface area contributed by atoms with Crippen molar-refractivity contribution in [2.45, 2.75) is 19.4 Å². The molecular formula is C9H17N5. The van der Waals surface area contributed by atoms with Gasteiger partial charge in [0.1, 0.15) is 0 Å². The molecular weight excluding hydrogens is 178 g/mol. The van der Waals surface area contributed by atoms with E-state index in [4.69, 9.17) is 0 Å². The zero-order chi connectivity index (χ0) is 9.64. The molecule has 0 amide bonds. The summed E-state index contributed by atoms with van der Waals surface area (Å²) >= 11 is 0. The Bertz CT molecular complexity index is 240. The molecule has 0 atom stereocenters. The van der Waals surface area contributed by atoms with Crippen LogP contribution >= 0.6 is 0 Å². The Kier molecular flexibility index (Phi) is 3.48. The van der Waals surface area contributed by atoms with Gasteiger partial charge in [0.25, 0.3) is 0 Å². The molecule has 0 aromatic carbocycles. The number of H-pyrrole nitrogens is 1. The first-order chi connectivity index (χ1) is 6.95. The molecule has 1 aliphatic heterocycles. The van der Waals surface area contributed by atoms with Gasteiger partial charge in [-0.3, -0.25) is 0 Å². The van der Waals surface area contributed by atoms with E-state index in [-0.39, 0.29) is 0 Å². The zero-order valence-electron chi connectivity index (χ0n) is 8.37. The Balaban J connectivity index is 1.55. The van der Waals surface area contributed by atoms with Gasteiger partial charge in [-0.1, -0.05) is 0 Å². The van der Waals surface area contributed by atoms with Gasteiger partial charge in [0.05, 0.1) is 11.9 Å². The molecule has 0 saturated carbocycles. The minimum atomic E-state index is 0.810. The minimum Gasteiger partial charge on any atom is -0.310 e. The van der Waals surface area contributed by atoms with Gasteiger partial charge in [0, 0.05) is 19.6 Å². The third-order valence-electron chi connectivity index (χ3n) is 2.57. The van der Waals surface area contributed by atoms with E-state index in [2.05, 4.69) is 25.6 Å². The maximum absolute atomic E-state index is 3.97. The number of hydrogen-bond donors (Lipinski definition) is 2. The first-order valence-electron chi connectivity index (χ1n) is 5.23. The van der Waals surface area contributed by atoms with E-state index in [1.807, 2.05) is 0 Å². The summed E-state index contributed by atoms with van der Waals surface area (Å²) in [6.07, 6.45) is 4.48. The van der Waals surface area contributed by atoms with Crippen LogP contribution in [0.4, 0.5) is 0 Å². The molecule has 0 aliphatic carbocycles. The molecule has 5 nitrogen and oxygen atoms in total. The first-order valence-corrected chi connectivity index (χ1v) is 5.23. The predicted molar refractivity (Wildman–Crippen MR) is 53.8 cm³/mol. The normalized spacial score (nSPS) is 17.7. The Hall–Kier alpha value is -0.940. The van der Waals surface area contributed by atoms with Crippen LogP contribution in [0.3, 0.4) is 0 Å². The maximum Gasteiger partial charge on any atom is 0.0962 e. The van der Waals surface area contributed by atoms with Gasteiger partial charge in [-0.15, -0.1) is 0 Å². The third kappa shape index (κ3) is 2.78. The van der Waals surface area contributed by atoms with Crippen LogP contribution in [0, 0.1) is 0 Å². The van der Waals surface area contributed by atoms with Crippen LogP contribution in [-0.4, -0.2) is 46.5 Å². The van der Waals surface area contributed by atoms with Crippen molar-refractivity contribution in [3.05, 3.63) is 11.9 Å². The summed E-state index contributed by atoms with van der Waals surface area (Å²) in [5.41, 5.74) is 0.978. The monoisotopic (exact) mass is 195 g/mol. The SMILES string of the molecule is c1n[nH]nc1CNCCN1CCCC1. The Morgan fingerprint density at radius 3 is 3.00 bits per heavy atom. The van der Waals surface area contributed by atoms with Crippen LogP contribution < -0.4 is 5.32 Å². The minimum absolute atomic E-state index is 0.810. The molecule has 1 aliphatic rings. The predicted octanol–water partition coefficient (Wildman–Crippen LogP) is -0.00990. The number of nitrogens with one attached hydrogen (secondary N) is 2. The molecule has 2 heterocycles. The van der Waals surface area contributed by atoms with Gasteiger partial charge in [-0.2, -0.15) is 15.4 Å². The number of aromatic nitrogens is 3. The highest BCUT2D eigenvalue weighted by molar-refractivity contribution is 4.89. The summed E-state index contributed by atoms with van der Waals surface area (Å²) in [4.78, 5) is 2.50. The van der Waals surface area contributed by atoms with E-state index < -0.39 is 0 Å². The number of aromatic amines is 1. The molecule has 1 aromatic heterocycles. The summed E-state index contributed by atoms with van der Waals surface area (Å²) in [5, 5.41) is 13.7. The van der Waals surface area contributed by atoms with Crippen molar-refractivity contribution in [3.63, 3.8) is 0 Å². The van der Waals surface area contributed by atoms with Gasteiger partial charge in [0.15, 0.2) is 0 Å². The van der Waals surface area contributed by atoms with Crippen LogP contribution in [0.15, 0.2) is 6.20 Å². The van der Waals surface area contributed by atoms with Crippen LogP contribution in [0.5, 0.6) is 0 Å². The molecule has 78 valence electrons. The fourth-order valence-electron chi connectivity index (χ4n) is 1.77. The van der Waals surface area contributed by atoms with Crippen LogP contribution in [-0.2, 0) is 6.54 Å². The summed E-state index contributed by atoms with van der Waals surface area (Å²) in [6, 6.07) is 0. The lowest BCUT2D eigenvalue weighted by atomic mass is 10.4. The third-order valence-corrected chi connectivity index (χ3v) is 2.57. The maximum atomic E-state index is 3.97. The zero-order valence-corrected chi connectivity index (χ0v) is 8.37. The number of nitrogens with zero attached hydrogens (tertiary/aromatic N) is 3. The molecule has 2 N–H and O–H groups in total. The lowest BCUT2D eigenvalue weighted by molar-refractivity contribution is 0.335. The van der Waals surface area contributed by atoms with Gasteiger partial charge in [-0.05, 0) is 25.9 Å². The summed E-state index contributed by atoms with van der Waals surface area (Å²) in [5.74, 6) is 0. The Morgan fingerprint density at radius 2 is 2.29 bits per heavy atom. The second-order valence-corrected chi connectivity index (χ2v) is 3.69. The van der Waals surface area contributed by atoms with Crippen molar-refractivity contribution in [1.82, 2.24) is 25.6 Å². The molecule has 0 unspecified atom stereocenters. The quantitative estimate of drug-likeness (QED) is 0.649. The van der Waals surface area contributed by atoms with E-state index in [9.17, 15) is 0 Å². The van der Waals surface area contributed by atoms with Crippen molar-refractivity contribution in [1.29, 1.82) is 0 Å². The molecule has 1 aromatic rings.